The van der Waals surface area contributed by atoms with Crippen LogP contribution in [0, 0.1) is 0 Å². The molecule has 0 saturated carbocycles. The molecule has 0 aliphatic carbocycles. The third-order valence-corrected chi connectivity index (χ3v) is 3.00. The van der Waals surface area contributed by atoms with Crippen LogP contribution in [0.4, 0.5) is 5.69 Å². The number of rotatable bonds is 2. The lowest BCUT2D eigenvalue weighted by Crippen LogP contribution is -2.36. The highest BCUT2D eigenvalue weighted by Crippen LogP contribution is 2.37. The molecule has 0 aromatic heterocycles. The van der Waals surface area contributed by atoms with Crippen molar-refractivity contribution in [2.24, 2.45) is 0 Å². The Bertz CT molecular complexity index is 487. The number of amides is 2. The summed E-state index contributed by atoms with van der Waals surface area (Å²) in [6.45, 7) is 3.86. The molecule has 1 aromatic rings. The van der Waals surface area contributed by atoms with Crippen molar-refractivity contribution in [1.29, 1.82) is 0 Å². The van der Waals surface area contributed by atoms with Gasteiger partial charge in [-0.2, -0.15) is 0 Å². The van der Waals surface area contributed by atoms with Crippen molar-refractivity contribution in [3.63, 3.8) is 0 Å². The minimum Gasteiger partial charge on any atom is -0.341 e. The molecule has 17 heavy (non-hydrogen) atoms. The highest BCUT2D eigenvalue weighted by molar-refractivity contribution is 6.31. The molecule has 1 aliphatic rings. The third kappa shape index (κ3) is 2.00. The summed E-state index contributed by atoms with van der Waals surface area (Å²) in [6, 6.07) is 4.67. The Labute approximate surface area is 105 Å². The van der Waals surface area contributed by atoms with Crippen LogP contribution in [0.3, 0.4) is 0 Å². The Kier molecular flexibility index (Phi) is 3.07. The lowest BCUT2D eigenvalue weighted by atomic mass is 10.1. The van der Waals surface area contributed by atoms with Gasteiger partial charge in [-0.15, -0.1) is 0 Å². The SMILES string of the molecule is CCN1C(=O)[C@H](NC(C)=O)c2cc(Cl)ccc21. The quantitative estimate of drug-likeness (QED) is 0.874. The van der Waals surface area contributed by atoms with E-state index in [1.54, 1.807) is 23.1 Å². The summed E-state index contributed by atoms with van der Waals surface area (Å²) < 4.78 is 0. The second kappa shape index (κ2) is 4.37. The normalized spacial score (nSPS) is 18.2. The van der Waals surface area contributed by atoms with Gasteiger partial charge in [-0.25, -0.2) is 0 Å². The summed E-state index contributed by atoms with van der Waals surface area (Å²) in [7, 11) is 0. The van der Waals surface area contributed by atoms with E-state index >= 15 is 0 Å². The molecule has 1 heterocycles. The van der Waals surface area contributed by atoms with Gasteiger partial charge in [0.2, 0.25) is 5.91 Å². The Balaban J connectivity index is 2.47. The number of anilines is 1. The predicted molar refractivity (Wildman–Crippen MR) is 66.0 cm³/mol. The first-order valence-corrected chi connectivity index (χ1v) is 5.80. The van der Waals surface area contributed by atoms with Gasteiger partial charge < -0.3 is 10.2 Å². The predicted octanol–water partition coefficient (Wildman–Crippen LogP) is 1.88. The second-order valence-corrected chi connectivity index (χ2v) is 4.36. The highest BCUT2D eigenvalue weighted by atomic mass is 35.5. The van der Waals surface area contributed by atoms with Crippen LogP contribution in [0.25, 0.3) is 0 Å². The number of hydrogen-bond acceptors (Lipinski definition) is 2. The Morgan fingerprint density at radius 3 is 2.82 bits per heavy atom. The summed E-state index contributed by atoms with van der Waals surface area (Å²) >= 11 is 5.92. The standard InChI is InChI=1S/C12H13ClN2O2/c1-3-15-10-5-4-8(13)6-9(10)11(12(15)17)14-7(2)16/h4-6,11H,3H2,1-2H3,(H,14,16)/t11-/m1/s1. The summed E-state index contributed by atoms with van der Waals surface area (Å²) in [4.78, 5) is 24.9. The molecule has 0 unspecified atom stereocenters. The van der Waals surface area contributed by atoms with E-state index in [1.807, 2.05) is 6.92 Å². The number of nitrogens with one attached hydrogen (secondary N) is 1. The van der Waals surface area contributed by atoms with Crippen molar-refractivity contribution in [2.75, 3.05) is 11.4 Å². The van der Waals surface area contributed by atoms with Crippen molar-refractivity contribution in [3.05, 3.63) is 28.8 Å². The molecule has 1 N–H and O–H groups in total. The van der Waals surface area contributed by atoms with E-state index in [2.05, 4.69) is 5.32 Å². The molecular formula is C12H13ClN2O2. The van der Waals surface area contributed by atoms with Crippen molar-refractivity contribution in [1.82, 2.24) is 5.32 Å². The number of carbonyl (C=O) groups is 2. The van der Waals surface area contributed by atoms with Gasteiger partial charge in [-0.05, 0) is 25.1 Å². The van der Waals surface area contributed by atoms with Crippen LogP contribution < -0.4 is 10.2 Å². The molecule has 5 heteroatoms. The van der Waals surface area contributed by atoms with E-state index in [-0.39, 0.29) is 11.8 Å². The average molecular weight is 253 g/mol. The van der Waals surface area contributed by atoms with Crippen LogP contribution in [-0.4, -0.2) is 18.4 Å². The van der Waals surface area contributed by atoms with Gasteiger partial charge in [0.1, 0.15) is 6.04 Å². The third-order valence-electron chi connectivity index (χ3n) is 2.77. The smallest absolute Gasteiger partial charge is 0.254 e. The molecule has 0 fully saturated rings. The Hall–Kier alpha value is -1.55. The first-order chi connectivity index (χ1) is 8.04. The van der Waals surface area contributed by atoms with Crippen molar-refractivity contribution < 1.29 is 9.59 Å². The van der Waals surface area contributed by atoms with Crippen molar-refractivity contribution >= 4 is 29.1 Å². The number of nitrogens with zero attached hydrogens (tertiary/aromatic N) is 1. The molecule has 2 rings (SSSR count). The van der Waals surface area contributed by atoms with Gasteiger partial charge in [-0.1, -0.05) is 11.6 Å². The summed E-state index contributed by atoms with van der Waals surface area (Å²) in [6.07, 6.45) is 0. The molecule has 0 bridgehead atoms. The number of hydrogen-bond donors (Lipinski definition) is 1. The maximum absolute atomic E-state index is 12.1. The average Bonchev–Trinajstić information content (AvgIpc) is 2.51. The number of likely N-dealkylation sites (N-methyl/N-ethyl adjacent to an activating group) is 1. The van der Waals surface area contributed by atoms with Crippen LogP contribution in [0.5, 0.6) is 0 Å². The molecule has 1 atom stereocenters. The van der Waals surface area contributed by atoms with Gasteiger partial charge >= 0.3 is 0 Å². The van der Waals surface area contributed by atoms with Crippen LogP contribution in [0.15, 0.2) is 18.2 Å². The molecular weight excluding hydrogens is 240 g/mol. The largest absolute Gasteiger partial charge is 0.341 e. The van der Waals surface area contributed by atoms with Crippen molar-refractivity contribution in [3.8, 4) is 0 Å². The van der Waals surface area contributed by atoms with E-state index in [4.69, 9.17) is 11.6 Å². The molecule has 0 spiro atoms. The summed E-state index contributed by atoms with van der Waals surface area (Å²) in [5, 5.41) is 3.21. The molecule has 0 saturated heterocycles. The molecule has 0 radical (unpaired) electrons. The fourth-order valence-corrected chi connectivity index (χ4v) is 2.26. The van der Waals surface area contributed by atoms with E-state index in [1.165, 1.54) is 6.92 Å². The van der Waals surface area contributed by atoms with E-state index in [0.29, 0.717) is 11.6 Å². The Morgan fingerprint density at radius 1 is 1.53 bits per heavy atom. The molecule has 90 valence electrons. The number of benzene rings is 1. The zero-order chi connectivity index (χ0) is 12.6. The zero-order valence-electron chi connectivity index (χ0n) is 9.66. The monoisotopic (exact) mass is 252 g/mol. The molecule has 4 nitrogen and oxygen atoms in total. The summed E-state index contributed by atoms with van der Waals surface area (Å²) in [5.41, 5.74) is 1.58. The zero-order valence-corrected chi connectivity index (χ0v) is 10.4. The van der Waals surface area contributed by atoms with Crippen LogP contribution in [-0.2, 0) is 9.59 Å². The van der Waals surface area contributed by atoms with E-state index in [0.717, 1.165) is 11.3 Å². The minimum atomic E-state index is -0.610. The van der Waals surface area contributed by atoms with Gasteiger partial charge in [0.15, 0.2) is 0 Å². The van der Waals surface area contributed by atoms with E-state index < -0.39 is 6.04 Å². The second-order valence-electron chi connectivity index (χ2n) is 3.92. The van der Waals surface area contributed by atoms with Gasteiger partial charge in [-0.3, -0.25) is 9.59 Å². The van der Waals surface area contributed by atoms with E-state index in [9.17, 15) is 9.59 Å². The minimum absolute atomic E-state index is 0.111. The van der Waals surface area contributed by atoms with Gasteiger partial charge in [0.25, 0.3) is 5.91 Å². The topological polar surface area (TPSA) is 49.4 Å². The summed E-state index contributed by atoms with van der Waals surface area (Å²) in [5.74, 6) is -0.341. The maximum Gasteiger partial charge on any atom is 0.254 e. The lowest BCUT2D eigenvalue weighted by Gasteiger charge is -2.15. The highest BCUT2D eigenvalue weighted by Gasteiger charge is 2.36. The molecule has 1 aliphatic heterocycles. The van der Waals surface area contributed by atoms with Crippen LogP contribution >= 0.6 is 11.6 Å². The fourth-order valence-electron chi connectivity index (χ4n) is 2.08. The van der Waals surface area contributed by atoms with Crippen LogP contribution in [0.2, 0.25) is 5.02 Å². The van der Waals surface area contributed by atoms with Crippen molar-refractivity contribution in [2.45, 2.75) is 19.9 Å². The number of fused-ring (bicyclic) bond motifs is 1. The molecule has 2 amide bonds. The van der Waals surface area contributed by atoms with Crippen LogP contribution in [0.1, 0.15) is 25.5 Å². The number of carbonyl (C=O) groups excluding carboxylic acids is 2. The Morgan fingerprint density at radius 2 is 2.24 bits per heavy atom. The maximum atomic E-state index is 12.1. The fraction of sp³-hybridized carbons (Fsp3) is 0.333. The lowest BCUT2D eigenvalue weighted by molar-refractivity contribution is -0.126. The van der Waals surface area contributed by atoms with Gasteiger partial charge in [0.05, 0.1) is 0 Å². The molecule has 1 aromatic carbocycles. The number of halogens is 1. The first-order valence-electron chi connectivity index (χ1n) is 5.42. The first kappa shape index (κ1) is 11.9. The van der Waals surface area contributed by atoms with Gasteiger partial charge in [0, 0.05) is 29.7 Å².